The Balaban J connectivity index is 1.39. The zero-order chi connectivity index (χ0) is 20.2. The highest BCUT2D eigenvalue weighted by Gasteiger charge is 2.26. The molecule has 0 bridgehead atoms. The van der Waals surface area contributed by atoms with Crippen LogP contribution in [0.1, 0.15) is 40.6 Å². The highest BCUT2D eigenvalue weighted by atomic mass is 19.1. The van der Waals surface area contributed by atoms with Crippen molar-refractivity contribution in [2.75, 3.05) is 13.1 Å². The molecule has 0 unspecified atom stereocenters. The summed E-state index contributed by atoms with van der Waals surface area (Å²) in [7, 11) is 0. The molecule has 7 heteroatoms. The molecule has 1 fully saturated rings. The van der Waals surface area contributed by atoms with E-state index in [-0.39, 0.29) is 17.6 Å². The monoisotopic (exact) mass is 392 g/mol. The van der Waals surface area contributed by atoms with E-state index in [1.165, 1.54) is 18.3 Å². The predicted octanol–water partition coefficient (Wildman–Crippen LogP) is 4.13. The van der Waals surface area contributed by atoms with Crippen molar-refractivity contribution in [3.8, 4) is 11.6 Å². The smallest absolute Gasteiger partial charge is 0.274 e. The van der Waals surface area contributed by atoms with Gasteiger partial charge in [-0.1, -0.05) is 12.1 Å². The van der Waals surface area contributed by atoms with E-state index in [1.54, 1.807) is 24.4 Å². The lowest BCUT2D eigenvalue weighted by atomic mass is 9.93. The number of hydrogen-bond acceptors (Lipinski definition) is 5. The number of carbonyl (C=O) groups is 1. The number of likely N-dealkylation sites (tertiary alicyclic amines) is 1. The maximum absolute atomic E-state index is 13.3. The normalized spacial score (nSPS) is 14.6. The van der Waals surface area contributed by atoms with Crippen molar-refractivity contribution in [1.82, 2.24) is 19.9 Å². The molecule has 1 saturated heterocycles. The van der Waals surface area contributed by atoms with Crippen LogP contribution in [0.25, 0.3) is 0 Å². The maximum Gasteiger partial charge on any atom is 0.274 e. The van der Waals surface area contributed by atoms with E-state index in [1.807, 2.05) is 24.0 Å². The zero-order valence-electron chi connectivity index (χ0n) is 16.1. The van der Waals surface area contributed by atoms with E-state index in [9.17, 15) is 9.18 Å². The highest BCUT2D eigenvalue weighted by molar-refractivity contribution is 5.92. The molecule has 0 radical (unpaired) electrons. The van der Waals surface area contributed by atoms with Crippen LogP contribution in [0.3, 0.4) is 0 Å². The van der Waals surface area contributed by atoms with Gasteiger partial charge in [-0.05, 0) is 38.0 Å². The third kappa shape index (κ3) is 4.56. The lowest BCUT2D eigenvalue weighted by molar-refractivity contribution is 0.0705. The summed E-state index contributed by atoms with van der Waals surface area (Å²) < 4.78 is 19.0. The number of amides is 1. The van der Waals surface area contributed by atoms with Crippen molar-refractivity contribution in [3.63, 3.8) is 0 Å². The molecule has 4 rings (SSSR count). The second kappa shape index (κ2) is 8.34. The lowest BCUT2D eigenvalue weighted by Crippen LogP contribution is -2.38. The van der Waals surface area contributed by atoms with Crippen molar-refractivity contribution < 1.29 is 13.9 Å². The van der Waals surface area contributed by atoms with Crippen molar-refractivity contribution in [2.24, 2.45) is 0 Å². The average Bonchev–Trinajstić information content (AvgIpc) is 2.74. The van der Waals surface area contributed by atoms with Crippen LogP contribution in [-0.4, -0.2) is 38.8 Å². The molecule has 0 spiro atoms. The Kier molecular flexibility index (Phi) is 5.46. The number of carbonyl (C=O) groups excluding carboxylic acids is 1. The van der Waals surface area contributed by atoms with Gasteiger partial charge in [0.2, 0.25) is 5.88 Å². The number of rotatable bonds is 4. The molecule has 1 aromatic carbocycles. The number of hydrogen-bond donors (Lipinski definition) is 0. The van der Waals surface area contributed by atoms with Gasteiger partial charge in [0, 0.05) is 43.0 Å². The van der Waals surface area contributed by atoms with E-state index >= 15 is 0 Å². The number of aromatic nitrogens is 3. The molecule has 0 atom stereocenters. The summed E-state index contributed by atoms with van der Waals surface area (Å²) in [5, 5.41) is 0. The number of ether oxygens (including phenoxy) is 1. The number of aryl methyl sites for hydroxylation is 1. The van der Waals surface area contributed by atoms with E-state index in [4.69, 9.17) is 4.74 Å². The first-order valence-corrected chi connectivity index (χ1v) is 9.57. The van der Waals surface area contributed by atoms with Gasteiger partial charge in [0.15, 0.2) is 0 Å². The molecule has 0 saturated carbocycles. The number of halogens is 1. The van der Waals surface area contributed by atoms with Gasteiger partial charge >= 0.3 is 0 Å². The standard InChI is InChI=1S/C22H21FN4O2/c1-15-13-25-20(14-24-15)22(28)27-10-8-16(9-11-27)19-6-3-7-21(26-19)29-18-5-2-4-17(23)12-18/h2-7,12-14,16H,8-11H2,1H3. The molecular weight excluding hydrogens is 371 g/mol. The quantitative estimate of drug-likeness (QED) is 0.668. The fraction of sp³-hybridized carbons (Fsp3) is 0.273. The van der Waals surface area contributed by atoms with Gasteiger partial charge in [0.25, 0.3) is 5.91 Å². The van der Waals surface area contributed by atoms with Crippen molar-refractivity contribution >= 4 is 5.91 Å². The summed E-state index contributed by atoms with van der Waals surface area (Å²) in [6.07, 6.45) is 4.75. The lowest BCUT2D eigenvalue weighted by Gasteiger charge is -2.31. The van der Waals surface area contributed by atoms with Gasteiger partial charge in [0.05, 0.1) is 11.9 Å². The molecular formula is C22H21FN4O2. The largest absolute Gasteiger partial charge is 0.439 e. The summed E-state index contributed by atoms with van der Waals surface area (Å²) in [6.45, 7) is 3.11. The van der Waals surface area contributed by atoms with Crippen molar-refractivity contribution in [3.05, 3.63) is 77.8 Å². The summed E-state index contributed by atoms with van der Waals surface area (Å²) in [4.78, 5) is 27.3. The van der Waals surface area contributed by atoms with Gasteiger partial charge < -0.3 is 9.64 Å². The molecule has 0 N–H and O–H groups in total. The Hall–Kier alpha value is -3.35. The van der Waals surface area contributed by atoms with Gasteiger partial charge in [-0.25, -0.2) is 14.4 Å². The Bertz CT molecular complexity index is 1000. The van der Waals surface area contributed by atoms with Gasteiger partial charge in [-0.3, -0.25) is 9.78 Å². The Morgan fingerprint density at radius 1 is 1.10 bits per heavy atom. The molecule has 1 aliphatic rings. The number of nitrogens with zero attached hydrogens (tertiary/aromatic N) is 4. The zero-order valence-corrected chi connectivity index (χ0v) is 16.1. The number of piperidine rings is 1. The maximum atomic E-state index is 13.3. The van der Waals surface area contributed by atoms with Crippen LogP contribution < -0.4 is 4.74 Å². The molecule has 1 aliphatic heterocycles. The summed E-state index contributed by atoms with van der Waals surface area (Å²) in [5.74, 6) is 0.635. The van der Waals surface area contributed by atoms with Crippen LogP contribution in [0.15, 0.2) is 54.9 Å². The molecule has 29 heavy (non-hydrogen) atoms. The number of pyridine rings is 1. The summed E-state index contributed by atoms with van der Waals surface area (Å²) >= 11 is 0. The molecule has 3 aromatic rings. The van der Waals surface area contributed by atoms with Crippen molar-refractivity contribution in [1.29, 1.82) is 0 Å². The first-order chi connectivity index (χ1) is 14.1. The van der Waals surface area contributed by atoms with Gasteiger partial charge in [-0.15, -0.1) is 0 Å². The van der Waals surface area contributed by atoms with Crippen LogP contribution in [0.2, 0.25) is 0 Å². The summed E-state index contributed by atoms with van der Waals surface area (Å²) in [6, 6.07) is 11.6. The van der Waals surface area contributed by atoms with E-state index < -0.39 is 0 Å². The van der Waals surface area contributed by atoms with Crippen molar-refractivity contribution in [2.45, 2.75) is 25.7 Å². The van der Waals surface area contributed by atoms with Gasteiger partial charge in [0.1, 0.15) is 17.3 Å². The van der Waals surface area contributed by atoms with E-state index in [0.717, 1.165) is 24.2 Å². The summed E-state index contributed by atoms with van der Waals surface area (Å²) in [5.41, 5.74) is 2.07. The Morgan fingerprint density at radius 3 is 2.62 bits per heavy atom. The highest BCUT2D eigenvalue weighted by Crippen LogP contribution is 2.29. The minimum atomic E-state index is -0.353. The average molecular weight is 392 g/mol. The predicted molar refractivity (Wildman–Crippen MR) is 105 cm³/mol. The molecule has 148 valence electrons. The molecule has 2 aromatic heterocycles. The minimum Gasteiger partial charge on any atom is -0.439 e. The van der Waals surface area contributed by atoms with Crippen LogP contribution in [0.5, 0.6) is 11.6 Å². The third-order valence-corrected chi connectivity index (χ3v) is 4.96. The Labute approximate surface area is 168 Å². The van der Waals surface area contributed by atoms with Gasteiger partial charge in [-0.2, -0.15) is 0 Å². The van der Waals surface area contributed by atoms with E-state index in [2.05, 4.69) is 15.0 Å². The number of benzene rings is 1. The molecule has 3 heterocycles. The van der Waals surface area contributed by atoms with E-state index in [0.29, 0.717) is 30.4 Å². The topological polar surface area (TPSA) is 68.2 Å². The fourth-order valence-corrected chi connectivity index (χ4v) is 3.41. The molecule has 0 aliphatic carbocycles. The second-order valence-corrected chi connectivity index (χ2v) is 7.07. The fourth-order valence-electron chi connectivity index (χ4n) is 3.41. The first-order valence-electron chi connectivity index (χ1n) is 9.57. The first kappa shape index (κ1) is 19.0. The molecule has 6 nitrogen and oxygen atoms in total. The van der Waals surface area contributed by atoms with Crippen LogP contribution >= 0.6 is 0 Å². The van der Waals surface area contributed by atoms with Crippen LogP contribution in [0.4, 0.5) is 4.39 Å². The van der Waals surface area contributed by atoms with Crippen LogP contribution in [-0.2, 0) is 0 Å². The minimum absolute atomic E-state index is 0.0907. The third-order valence-electron chi connectivity index (χ3n) is 4.96. The molecule has 1 amide bonds. The van der Waals surface area contributed by atoms with Crippen LogP contribution in [0, 0.1) is 12.7 Å². The SMILES string of the molecule is Cc1cnc(C(=O)N2CCC(c3cccc(Oc4cccc(F)c4)n3)CC2)cn1. The second-order valence-electron chi connectivity index (χ2n) is 7.07. The Morgan fingerprint density at radius 2 is 1.90 bits per heavy atom.